The van der Waals surface area contributed by atoms with Crippen molar-refractivity contribution in [2.75, 3.05) is 41.4 Å². The molecule has 0 unspecified atom stereocenters. The van der Waals surface area contributed by atoms with Crippen LogP contribution in [-0.4, -0.2) is 42.6 Å². The molecule has 1 aromatic heterocycles. The van der Waals surface area contributed by atoms with Crippen LogP contribution in [0.1, 0.15) is 5.56 Å². The van der Waals surface area contributed by atoms with Gasteiger partial charge in [-0.1, -0.05) is 48.0 Å². The Morgan fingerprint density at radius 1 is 0.821 bits per heavy atom. The van der Waals surface area contributed by atoms with Crippen molar-refractivity contribution in [3.05, 3.63) is 77.3 Å². The van der Waals surface area contributed by atoms with Crippen LogP contribution < -0.4 is 15.2 Å². The lowest BCUT2D eigenvalue weighted by molar-refractivity contribution is 0.644. The summed E-state index contributed by atoms with van der Waals surface area (Å²) in [5.41, 5.74) is 5.00. The van der Waals surface area contributed by atoms with Gasteiger partial charge in [0.25, 0.3) is 0 Å². The molecular weight excluding hydrogens is 372 g/mol. The fourth-order valence-corrected chi connectivity index (χ4v) is 3.32. The van der Waals surface area contributed by atoms with E-state index < -0.39 is 0 Å². The van der Waals surface area contributed by atoms with Crippen molar-refractivity contribution in [2.45, 2.75) is 0 Å². The second-order valence-corrected chi connectivity index (χ2v) is 6.89. The van der Waals surface area contributed by atoms with E-state index >= 15 is 0 Å². The number of aromatic nitrogens is 2. The number of anilines is 3. The molecule has 7 heteroatoms. The van der Waals surface area contributed by atoms with Crippen molar-refractivity contribution in [3.8, 4) is 0 Å². The van der Waals surface area contributed by atoms with Crippen LogP contribution in [0.3, 0.4) is 0 Å². The van der Waals surface area contributed by atoms with E-state index in [0.29, 0.717) is 10.8 Å². The number of rotatable bonds is 5. The number of hydrogen-bond donors (Lipinski definition) is 1. The van der Waals surface area contributed by atoms with E-state index in [1.165, 1.54) is 5.69 Å². The van der Waals surface area contributed by atoms with Crippen LogP contribution in [0.15, 0.2) is 71.8 Å². The van der Waals surface area contributed by atoms with Crippen LogP contribution in [0.4, 0.5) is 17.3 Å². The lowest BCUT2D eigenvalue weighted by atomic mass is 10.2. The van der Waals surface area contributed by atoms with Crippen molar-refractivity contribution in [1.29, 1.82) is 0 Å². The second kappa shape index (κ2) is 8.71. The molecule has 0 radical (unpaired) electrons. The maximum atomic E-state index is 6.11. The summed E-state index contributed by atoms with van der Waals surface area (Å²) in [4.78, 5) is 4.65. The fraction of sp³-hybridized carbons (Fsp3) is 0.190. The van der Waals surface area contributed by atoms with Gasteiger partial charge in [0.1, 0.15) is 0 Å². The monoisotopic (exact) mass is 392 g/mol. The molecule has 3 aromatic rings. The number of para-hydroxylation sites is 1. The molecule has 1 saturated heterocycles. The molecule has 0 aliphatic carbocycles. The van der Waals surface area contributed by atoms with Gasteiger partial charge in [-0.25, -0.2) is 0 Å². The molecule has 2 heterocycles. The second-order valence-electron chi connectivity index (χ2n) is 6.48. The smallest absolute Gasteiger partial charge is 0.168 e. The summed E-state index contributed by atoms with van der Waals surface area (Å²) in [5, 5.41) is 13.4. The number of nitrogens with zero attached hydrogens (tertiary/aromatic N) is 5. The van der Waals surface area contributed by atoms with E-state index in [1.807, 2.05) is 42.5 Å². The van der Waals surface area contributed by atoms with Gasteiger partial charge < -0.3 is 9.80 Å². The van der Waals surface area contributed by atoms with Gasteiger partial charge >= 0.3 is 0 Å². The molecule has 6 nitrogen and oxygen atoms in total. The molecule has 28 heavy (non-hydrogen) atoms. The minimum Gasteiger partial charge on any atom is -0.368 e. The quantitative estimate of drug-likeness (QED) is 0.527. The van der Waals surface area contributed by atoms with Gasteiger partial charge in [0.05, 0.1) is 6.21 Å². The Morgan fingerprint density at radius 3 is 2.25 bits per heavy atom. The fourth-order valence-electron chi connectivity index (χ4n) is 3.13. The maximum absolute atomic E-state index is 6.11. The molecule has 0 saturated carbocycles. The number of nitrogens with one attached hydrogen (secondary N) is 1. The molecule has 1 fully saturated rings. The minimum atomic E-state index is 0.593. The number of hydrazone groups is 1. The average Bonchev–Trinajstić information content (AvgIpc) is 2.76. The summed E-state index contributed by atoms with van der Waals surface area (Å²) in [5.74, 6) is 1.48. The molecule has 0 spiro atoms. The Morgan fingerprint density at radius 2 is 1.54 bits per heavy atom. The molecule has 4 rings (SSSR count). The van der Waals surface area contributed by atoms with Crippen molar-refractivity contribution in [2.24, 2.45) is 5.10 Å². The molecule has 142 valence electrons. The zero-order chi connectivity index (χ0) is 19.2. The van der Waals surface area contributed by atoms with Crippen molar-refractivity contribution < 1.29 is 0 Å². The first-order valence-corrected chi connectivity index (χ1v) is 9.60. The first-order valence-electron chi connectivity index (χ1n) is 9.22. The third-order valence-electron chi connectivity index (χ3n) is 4.66. The van der Waals surface area contributed by atoms with E-state index in [-0.39, 0.29) is 0 Å². The van der Waals surface area contributed by atoms with Crippen LogP contribution in [0.2, 0.25) is 5.02 Å². The van der Waals surface area contributed by atoms with Gasteiger partial charge in [-0.15, -0.1) is 10.2 Å². The lowest BCUT2D eigenvalue weighted by Crippen LogP contribution is -2.46. The van der Waals surface area contributed by atoms with E-state index in [0.717, 1.165) is 37.6 Å². The van der Waals surface area contributed by atoms with Gasteiger partial charge in [-0.05, 0) is 30.3 Å². The van der Waals surface area contributed by atoms with Crippen molar-refractivity contribution in [3.63, 3.8) is 0 Å². The Labute approximate surface area is 169 Å². The SMILES string of the molecule is Clc1ccccc1/C=N\Nc1ccc(N2CCN(c3ccccc3)CC2)nn1. The van der Waals surface area contributed by atoms with E-state index in [1.54, 1.807) is 6.21 Å². The van der Waals surface area contributed by atoms with E-state index in [2.05, 4.69) is 54.8 Å². The van der Waals surface area contributed by atoms with E-state index in [4.69, 9.17) is 11.6 Å². The van der Waals surface area contributed by atoms with E-state index in [9.17, 15) is 0 Å². The number of hydrogen-bond acceptors (Lipinski definition) is 6. The first kappa shape index (κ1) is 18.3. The van der Waals surface area contributed by atoms with Crippen LogP contribution >= 0.6 is 11.6 Å². The standard InChI is InChI=1S/C21H21ClN6/c22-19-9-5-4-6-17(19)16-23-24-20-10-11-21(26-25-20)28-14-12-27(13-15-28)18-7-2-1-3-8-18/h1-11,16H,12-15H2,(H,24,25)/b23-16-. The Bertz CT molecular complexity index is 921. The summed E-state index contributed by atoms with van der Waals surface area (Å²) in [6.45, 7) is 3.77. The minimum absolute atomic E-state index is 0.593. The van der Waals surface area contributed by atoms with Crippen LogP contribution in [0.25, 0.3) is 0 Å². The third-order valence-corrected chi connectivity index (χ3v) is 5.01. The largest absolute Gasteiger partial charge is 0.368 e. The van der Waals surface area contributed by atoms with Gasteiger partial charge in [-0.2, -0.15) is 5.10 Å². The summed E-state index contributed by atoms with van der Waals surface area (Å²) < 4.78 is 0. The normalized spacial score (nSPS) is 14.5. The lowest BCUT2D eigenvalue weighted by Gasteiger charge is -2.36. The molecule has 1 aliphatic heterocycles. The maximum Gasteiger partial charge on any atom is 0.168 e. The molecular formula is C21H21ClN6. The number of halogens is 1. The topological polar surface area (TPSA) is 56.7 Å². The zero-order valence-corrected chi connectivity index (χ0v) is 16.1. The number of piperazine rings is 1. The molecule has 0 atom stereocenters. The highest BCUT2D eigenvalue weighted by atomic mass is 35.5. The van der Waals surface area contributed by atoms with Crippen molar-refractivity contribution in [1.82, 2.24) is 10.2 Å². The molecule has 2 aromatic carbocycles. The predicted molar refractivity (Wildman–Crippen MR) is 116 cm³/mol. The van der Waals surface area contributed by atoms with Gasteiger partial charge in [0, 0.05) is 42.5 Å². The molecule has 0 bridgehead atoms. The highest BCUT2D eigenvalue weighted by Crippen LogP contribution is 2.19. The van der Waals surface area contributed by atoms with Gasteiger partial charge in [-0.3, -0.25) is 5.43 Å². The van der Waals surface area contributed by atoms with Crippen LogP contribution in [0.5, 0.6) is 0 Å². The summed E-state index contributed by atoms with van der Waals surface area (Å²) in [6.07, 6.45) is 1.67. The molecule has 1 aliphatic rings. The predicted octanol–water partition coefficient (Wildman–Crippen LogP) is 3.90. The summed E-state index contributed by atoms with van der Waals surface area (Å²) in [7, 11) is 0. The first-order chi connectivity index (χ1) is 13.8. The highest BCUT2D eigenvalue weighted by molar-refractivity contribution is 6.33. The molecule has 1 N–H and O–H groups in total. The van der Waals surface area contributed by atoms with Gasteiger partial charge in [0.15, 0.2) is 11.6 Å². The Hall–Kier alpha value is -3.12. The Kier molecular flexibility index (Phi) is 5.68. The molecule has 0 amide bonds. The zero-order valence-electron chi connectivity index (χ0n) is 15.4. The summed E-state index contributed by atoms with van der Waals surface area (Å²) >= 11 is 6.11. The highest BCUT2D eigenvalue weighted by Gasteiger charge is 2.18. The summed E-state index contributed by atoms with van der Waals surface area (Å²) in [6, 6.07) is 21.9. The number of benzene rings is 2. The van der Waals surface area contributed by atoms with Gasteiger partial charge in [0.2, 0.25) is 0 Å². The average molecular weight is 393 g/mol. The van der Waals surface area contributed by atoms with Crippen LogP contribution in [-0.2, 0) is 0 Å². The third kappa shape index (κ3) is 4.40. The van der Waals surface area contributed by atoms with Crippen molar-refractivity contribution >= 4 is 35.1 Å². The van der Waals surface area contributed by atoms with Crippen LogP contribution in [0, 0.1) is 0 Å². The Balaban J connectivity index is 1.32.